The van der Waals surface area contributed by atoms with Gasteiger partial charge in [0.05, 0.1) is 12.0 Å². The number of nitrogen functional groups attached to an aromatic ring is 1. The van der Waals surface area contributed by atoms with Gasteiger partial charge in [0.25, 0.3) is 0 Å². The average Bonchev–Trinajstić information content (AvgIpc) is 2.85. The Morgan fingerprint density at radius 2 is 2.26 bits per heavy atom. The van der Waals surface area contributed by atoms with Gasteiger partial charge in [-0.25, -0.2) is 10.8 Å². The number of nitrogens with zero attached hydrogens (tertiary/aromatic N) is 2. The number of fused-ring (bicyclic) bond motifs is 1. The van der Waals surface area contributed by atoms with Crippen LogP contribution in [0, 0.1) is 5.92 Å². The first kappa shape index (κ1) is 14.0. The van der Waals surface area contributed by atoms with Crippen molar-refractivity contribution in [1.29, 1.82) is 0 Å². The summed E-state index contributed by atoms with van der Waals surface area (Å²) in [5.41, 5.74) is 2.48. The van der Waals surface area contributed by atoms with E-state index in [2.05, 4.69) is 34.6 Å². The molecule has 0 unspecified atom stereocenters. The first-order valence-electron chi connectivity index (χ1n) is 6.24. The number of aromatic nitrogens is 2. The molecule has 0 aliphatic rings. The van der Waals surface area contributed by atoms with Crippen LogP contribution in [-0.4, -0.2) is 29.7 Å². The maximum Gasteiger partial charge on any atom is 0.240 e. The van der Waals surface area contributed by atoms with Crippen molar-refractivity contribution in [3.63, 3.8) is 0 Å². The number of hydrogen-bond acceptors (Lipinski definition) is 7. The lowest BCUT2D eigenvalue weighted by molar-refractivity contribution is 0.118. The molecule has 0 saturated heterocycles. The number of nitrogens with two attached hydrogens (primary N) is 1. The van der Waals surface area contributed by atoms with Crippen molar-refractivity contribution in [3.05, 3.63) is 11.4 Å². The molecule has 6 nitrogen and oxygen atoms in total. The normalized spacial score (nSPS) is 11.2. The van der Waals surface area contributed by atoms with Crippen LogP contribution in [0.1, 0.15) is 13.8 Å². The number of hydrogen-bond donors (Lipinski definition) is 3. The molecule has 0 aliphatic carbocycles. The van der Waals surface area contributed by atoms with Crippen molar-refractivity contribution in [1.82, 2.24) is 9.97 Å². The van der Waals surface area contributed by atoms with Gasteiger partial charge < -0.3 is 10.1 Å². The fraction of sp³-hybridized carbons (Fsp3) is 0.500. The quantitative estimate of drug-likeness (QED) is 0.409. The summed E-state index contributed by atoms with van der Waals surface area (Å²) in [4.78, 5) is 9.51. The third kappa shape index (κ3) is 3.76. The zero-order chi connectivity index (χ0) is 13.7. The standard InChI is InChI=1S/C12H19N5OS/c1-8(2)7-18-5-4-14-10-9-3-6-19-11(9)16-12(15-10)17-13/h3,6,8H,4-5,7,13H2,1-2H3,(H2,14,15,16,17). The Morgan fingerprint density at radius 3 is 3.00 bits per heavy atom. The van der Waals surface area contributed by atoms with Crippen LogP contribution >= 0.6 is 11.3 Å². The molecule has 19 heavy (non-hydrogen) atoms. The zero-order valence-corrected chi connectivity index (χ0v) is 12.0. The van der Waals surface area contributed by atoms with Gasteiger partial charge in [0.1, 0.15) is 10.6 Å². The van der Waals surface area contributed by atoms with E-state index in [0.717, 1.165) is 22.6 Å². The predicted molar refractivity (Wildman–Crippen MR) is 79.4 cm³/mol. The molecule has 2 aromatic heterocycles. The van der Waals surface area contributed by atoms with Crippen molar-refractivity contribution >= 4 is 33.3 Å². The third-order valence-corrected chi connectivity index (χ3v) is 3.25. The molecule has 0 bridgehead atoms. The highest BCUT2D eigenvalue weighted by molar-refractivity contribution is 7.16. The summed E-state index contributed by atoms with van der Waals surface area (Å²) in [6, 6.07) is 2.00. The van der Waals surface area contributed by atoms with E-state index in [-0.39, 0.29) is 0 Å². The maximum absolute atomic E-state index is 5.52. The SMILES string of the molecule is CC(C)COCCNc1nc(NN)nc2sccc12. The van der Waals surface area contributed by atoms with Gasteiger partial charge in [-0.2, -0.15) is 4.98 Å². The van der Waals surface area contributed by atoms with Crippen molar-refractivity contribution < 1.29 is 4.74 Å². The molecule has 0 saturated carbocycles. The minimum Gasteiger partial charge on any atom is -0.379 e. The average molecular weight is 281 g/mol. The van der Waals surface area contributed by atoms with Crippen LogP contribution in [0.4, 0.5) is 11.8 Å². The zero-order valence-electron chi connectivity index (χ0n) is 11.1. The molecule has 0 aliphatic heterocycles. The number of thiophene rings is 1. The Kier molecular flexibility index (Phi) is 4.89. The summed E-state index contributed by atoms with van der Waals surface area (Å²) in [6.07, 6.45) is 0. The van der Waals surface area contributed by atoms with E-state index in [1.165, 1.54) is 0 Å². The van der Waals surface area contributed by atoms with Crippen LogP contribution in [0.3, 0.4) is 0 Å². The lowest BCUT2D eigenvalue weighted by Gasteiger charge is -2.10. The first-order chi connectivity index (χ1) is 9.20. The topological polar surface area (TPSA) is 85.1 Å². The molecule has 2 aromatic rings. The number of ether oxygens (including phenoxy) is 1. The van der Waals surface area contributed by atoms with Crippen LogP contribution < -0.4 is 16.6 Å². The lowest BCUT2D eigenvalue weighted by Crippen LogP contribution is -2.15. The molecule has 0 spiro atoms. The van der Waals surface area contributed by atoms with Crippen molar-refractivity contribution in [2.24, 2.45) is 11.8 Å². The Labute approximate surface area is 116 Å². The summed E-state index contributed by atoms with van der Waals surface area (Å²) in [6.45, 7) is 6.39. The Hall–Kier alpha value is -1.44. The second kappa shape index (κ2) is 6.65. The van der Waals surface area contributed by atoms with E-state index in [4.69, 9.17) is 10.6 Å². The van der Waals surface area contributed by atoms with E-state index in [1.54, 1.807) is 11.3 Å². The van der Waals surface area contributed by atoms with Crippen LogP contribution in [0.25, 0.3) is 10.2 Å². The highest BCUT2D eigenvalue weighted by Gasteiger charge is 2.07. The molecule has 104 valence electrons. The van der Waals surface area contributed by atoms with Crippen molar-refractivity contribution in [2.75, 3.05) is 30.5 Å². The summed E-state index contributed by atoms with van der Waals surface area (Å²) in [5.74, 6) is 7.12. The summed E-state index contributed by atoms with van der Waals surface area (Å²) in [7, 11) is 0. The van der Waals surface area contributed by atoms with Crippen LogP contribution in [-0.2, 0) is 4.74 Å². The smallest absolute Gasteiger partial charge is 0.240 e. The largest absolute Gasteiger partial charge is 0.379 e. The van der Waals surface area contributed by atoms with Crippen LogP contribution in [0.5, 0.6) is 0 Å². The summed E-state index contributed by atoms with van der Waals surface area (Å²) >= 11 is 1.56. The lowest BCUT2D eigenvalue weighted by atomic mass is 10.2. The van der Waals surface area contributed by atoms with E-state index in [0.29, 0.717) is 25.0 Å². The molecular weight excluding hydrogens is 262 g/mol. The van der Waals surface area contributed by atoms with Crippen molar-refractivity contribution in [3.8, 4) is 0 Å². The van der Waals surface area contributed by atoms with E-state index in [1.807, 2.05) is 11.4 Å². The minimum atomic E-state index is 0.417. The Bertz CT molecular complexity index is 528. The highest BCUT2D eigenvalue weighted by Crippen LogP contribution is 2.25. The molecule has 7 heteroatoms. The Morgan fingerprint density at radius 1 is 1.42 bits per heavy atom. The van der Waals surface area contributed by atoms with Gasteiger partial charge in [0, 0.05) is 13.2 Å². The van der Waals surface area contributed by atoms with Crippen molar-refractivity contribution in [2.45, 2.75) is 13.8 Å². The van der Waals surface area contributed by atoms with Gasteiger partial charge >= 0.3 is 0 Å². The molecule has 4 N–H and O–H groups in total. The molecule has 0 atom stereocenters. The Balaban J connectivity index is 1.97. The summed E-state index contributed by atoms with van der Waals surface area (Å²) < 4.78 is 5.52. The van der Waals surface area contributed by atoms with E-state index >= 15 is 0 Å². The molecule has 0 fully saturated rings. The fourth-order valence-corrected chi connectivity index (χ4v) is 2.38. The summed E-state index contributed by atoms with van der Waals surface area (Å²) in [5, 5.41) is 6.25. The van der Waals surface area contributed by atoms with Crippen LogP contribution in [0.2, 0.25) is 0 Å². The third-order valence-electron chi connectivity index (χ3n) is 2.44. The molecule has 0 aromatic carbocycles. The molecule has 0 radical (unpaired) electrons. The van der Waals surface area contributed by atoms with Gasteiger partial charge in [-0.1, -0.05) is 13.8 Å². The number of rotatable bonds is 7. The fourth-order valence-electron chi connectivity index (χ4n) is 1.62. The van der Waals surface area contributed by atoms with Gasteiger partial charge in [-0.3, -0.25) is 5.43 Å². The maximum atomic E-state index is 5.52. The van der Waals surface area contributed by atoms with E-state index in [9.17, 15) is 0 Å². The van der Waals surface area contributed by atoms with Crippen LogP contribution in [0.15, 0.2) is 11.4 Å². The number of hydrazine groups is 1. The van der Waals surface area contributed by atoms with E-state index < -0.39 is 0 Å². The molecule has 2 rings (SSSR count). The molecule has 2 heterocycles. The van der Waals surface area contributed by atoms with Gasteiger partial charge in [0.15, 0.2) is 0 Å². The number of anilines is 2. The highest BCUT2D eigenvalue weighted by atomic mass is 32.1. The second-order valence-electron chi connectivity index (χ2n) is 4.58. The molecule has 0 amide bonds. The minimum absolute atomic E-state index is 0.417. The predicted octanol–water partition coefficient (Wildman–Crippen LogP) is 2.06. The number of nitrogens with one attached hydrogen (secondary N) is 2. The van der Waals surface area contributed by atoms with Gasteiger partial charge in [0.2, 0.25) is 5.95 Å². The van der Waals surface area contributed by atoms with Gasteiger partial charge in [-0.05, 0) is 17.4 Å². The monoisotopic (exact) mass is 281 g/mol. The first-order valence-corrected chi connectivity index (χ1v) is 7.12. The second-order valence-corrected chi connectivity index (χ2v) is 5.47. The van der Waals surface area contributed by atoms with Gasteiger partial charge in [-0.15, -0.1) is 11.3 Å². The molecular formula is C12H19N5OS.